The number of nitro groups is 1. The summed E-state index contributed by atoms with van der Waals surface area (Å²) in [5.41, 5.74) is 11.0. The third kappa shape index (κ3) is 4.08. The zero-order chi connectivity index (χ0) is 25.4. The number of aromatic hydroxyl groups is 1. The molecule has 3 N–H and O–H groups in total. The Morgan fingerprint density at radius 1 is 1.19 bits per heavy atom. The van der Waals surface area contributed by atoms with Crippen LogP contribution in [0.15, 0.2) is 54.2 Å². The van der Waals surface area contributed by atoms with Gasteiger partial charge in [0, 0.05) is 28.8 Å². The summed E-state index contributed by atoms with van der Waals surface area (Å²) in [6, 6.07) is 9.96. The molecule has 1 fully saturated rings. The van der Waals surface area contributed by atoms with E-state index in [1.165, 1.54) is 12.1 Å². The molecule has 9 nitrogen and oxygen atoms in total. The van der Waals surface area contributed by atoms with Crippen LogP contribution in [0.5, 0.6) is 11.5 Å². The summed E-state index contributed by atoms with van der Waals surface area (Å²) < 4.78 is 5.44. The molecule has 0 unspecified atom stereocenters. The van der Waals surface area contributed by atoms with Crippen LogP contribution in [0.1, 0.15) is 48.8 Å². The number of nitrogens with one attached hydrogen (secondary N) is 2. The molecule has 0 aliphatic heterocycles. The van der Waals surface area contributed by atoms with Crippen molar-refractivity contribution in [3.05, 3.63) is 81.1 Å². The number of fused-ring (bicyclic) bond motifs is 5. The van der Waals surface area contributed by atoms with Gasteiger partial charge >= 0.3 is 0 Å². The molecule has 5 rings (SSSR count). The number of benzene rings is 2. The molecule has 3 aliphatic carbocycles. The Kier molecular flexibility index (Phi) is 6.36. The zero-order valence-electron chi connectivity index (χ0n) is 20.6. The van der Waals surface area contributed by atoms with Gasteiger partial charge in [-0.1, -0.05) is 19.1 Å². The molecule has 0 radical (unpaired) electrons. The molecule has 3 aliphatic rings. The summed E-state index contributed by atoms with van der Waals surface area (Å²) in [5.74, 6) is 1.47. The van der Waals surface area contributed by atoms with Crippen LogP contribution in [0.2, 0.25) is 0 Å². The maximum Gasteiger partial charge on any atom is 0.269 e. The van der Waals surface area contributed by atoms with Gasteiger partial charge in [0.05, 0.1) is 31.4 Å². The van der Waals surface area contributed by atoms with Crippen molar-refractivity contribution >= 4 is 11.4 Å². The van der Waals surface area contributed by atoms with E-state index in [1.807, 2.05) is 6.07 Å². The van der Waals surface area contributed by atoms with Gasteiger partial charge in [0.25, 0.3) is 5.69 Å². The zero-order valence-corrected chi connectivity index (χ0v) is 20.6. The van der Waals surface area contributed by atoms with Gasteiger partial charge in [0.1, 0.15) is 0 Å². The average molecular weight is 494 g/mol. The van der Waals surface area contributed by atoms with Gasteiger partial charge in [0.2, 0.25) is 0 Å². The van der Waals surface area contributed by atoms with Crippen LogP contribution in [0, 0.1) is 27.4 Å². The SMILES string of the molecule is CONC1=CC[C@H]2[C@@H]3C=C(NOCc4ccc([N+](=O)[O-])cc4)c4cc(O)c(OC)cc4[C@H]3CC[C@]12C. The van der Waals surface area contributed by atoms with Gasteiger partial charge in [-0.25, -0.2) is 0 Å². The first-order valence-electron chi connectivity index (χ1n) is 12.1. The molecule has 0 saturated heterocycles. The van der Waals surface area contributed by atoms with E-state index in [0.717, 1.165) is 47.3 Å². The van der Waals surface area contributed by atoms with Crippen molar-refractivity contribution in [3.8, 4) is 11.5 Å². The van der Waals surface area contributed by atoms with Gasteiger partial charge in [-0.05, 0) is 72.4 Å². The van der Waals surface area contributed by atoms with E-state index < -0.39 is 4.92 Å². The number of ether oxygens (including phenoxy) is 1. The lowest BCUT2D eigenvalue weighted by Crippen LogP contribution is -2.42. The monoisotopic (exact) mass is 493 g/mol. The Morgan fingerprint density at radius 3 is 2.67 bits per heavy atom. The smallest absolute Gasteiger partial charge is 0.269 e. The standard InChI is InChI=1S/C27H31N3O6/c1-27-11-10-18-19-14-25(34-2)24(31)13-21(19)23(12-20(18)22(27)8-9-26(27)29-35-3)28-36-15-16-4-6-17(7-5-16)30(32)33/h4-7,9,12-14,18,20,22,28-29,31H,8,10-11,15H2,1-3H3/t18-,20-,22+,27+/m1/s1. The van der Waals surface area contributed by atoms with Crippen LogP contribution < -0.4 is 15.7 Å². The van der Waals surface area contributed by atoms with E-state index in [9.17, 15) is 15.2 Å². The molecule has 0 spiro atoms. The predicted molar refractivity (Wildman–Crippen MR) is 134 cm³/mol. The summed E-state index contributed by atoms with van der Waals surface area (Å²) in [6.45, 7) is 2.53. The number of phenolic OH excluding ortho intramolecular Hbond substituents is 1. The number of hydrogen-bond acceptors (Lipinski definition) is 8. The number of nitrogens with zero attached hydrogens (tertiary/aromatic N) is 1. The van der Waals surface area contributed by atoms with E-state index in [2.05, 4.69) is 30.0 Å². The molecule has 0 amide bonds. The van der Waals surface area contributed by atoms with Crippen molar-refractivity contribution in [1.29, 1.82) is 0 Å². The number of hydroxylamine groups is 2. The fraction of sp³-hybridized carbons (Fsp3) is 0.407. The minimum Gasteiger partial charge on any atom is -0.504 e. The molecule has 2 aromatic carbocycles. The van der Waals surface area contributed by atoms with Crippen LogP contribution in [0.3, 0.4) is 0 Å². The van der Waals surface area contributed by atoms with Crippen molar-refractivity contribution in [2.75, 3.05) is 14.2 Å². The molecule has 2 aromatic rings. The lowest BCUT2D eigenvalue weighted by Gasteiger charge is -2.49. The highest BCUT2D eigenvalue weighted by atomic mass is 16.6. The Bertz CT molecular complexity index is 1220. The third-order valence-electron chi connectivity index (χ3n) is 8.09. The summed E-state index contributed by atoms with van der Waals surface area (Å²) in [5, 5.41) is 21.4. The first-order chi connectivity index (χ1) is 17.4. The molecule has 36 heavy (non-hydrogen) atoms. The Balaban J connectivity index is 1.43. The summed E-state index contributed by atoms with van der Waals surface area (Å²) in [7, 11) is 3.20. The van der Waals surface area contributed by atoms with Crippen LogP contribution >= 0.6 is 0 Å². The fourth-order valence-electron chi connectivity index (χ4n) is 6.20. The quantitative estimate of drug-likeness (QED) is 0.350. The molecule has 4 atom stereocenters. The first-order valence-corrected chi connectivity index (χ1v) is 12.1. The molecule has 9 heteroatoms. The number of rotatable bonds is 8. The highest BCUT2D eigenvalue weighted by Gasteiger charge is 2.52. The number of methoxy groups -OCH3 is 1. The topological polar surface area (TPSA) is 115 Å². The van der Waals surface area contributed by atoms with Crippen molar-refractivity contribution < 1.29 is 24.4 Å². The fourth-order valence-corrected chi connectivity index (χ4v) is 6.20. The summed E-state index contributed by atoms with van der Waals surface area (Å²) >= 11 is 0. The van der Waals surface area contributed by atoms with Crippen LogP contribution in [0.4, 0.5) is 5.69 Å². The number of phenols is 1. The lowest BCUT2D eigenvalue weighted by atomic mass is 9.56. The summed E-state index contributed by atoms with van der Waals surface area (Å²) in [6.07, 6.45) is 7.45. The molecule has 0 bridgehead atoms. The van der Waals surface area contributed by atoms with Crippen molar-refractivity contribution in [3.63, 3.8) is 0 Å². The first kappa shape index (κ1) is 24.1. The van der Waals surface area contributed by atoms with Crippen molar-refractivity contribution in [2.45, 2.75) is 38.7 Å². The molecule has 0 aromatic heterocycles. The van der Waals surface area contributed by atoms with Crippen LogP contribution in [-0.2, 0) is 16.3 Å². The third-order valence-corrected chi connectivity index (χ3v) is 8.09. The van der Waals surface area contributed by atoms with Crippen LogP contribution in [0.25, 0.3) is 5.70 Å². The Hall–Kier alpha value is -3.56. The highest BCUT2D eigenvalue weighted by molar-refractivity contribution is 5.73. The van der Waals surface area contributed by atoms with Crippen molar-refractivity contribution in [1.82, 2.24) is 11.0 Å². The summed E-state index contributed by atoms with van der Waals surface area (Å²) in [4.78, 5) is 21.6. The van der Waals surface area contributed by atoms with Gasteiger partial charge in [-0.2, -0.15) is 0 Å². The normalized spacial score (nSPS) is 26.1. The largest absolute Gasteiger partial charge is 0.504 e. The molecule has 190 valence electrons. The van der Waals surface area contributed by atoms with Gasteiger partial charge in [-0.15, -0.1) is 0 Å². The van der Waals surface area contributed by atoms with E-state index in [0.29, 0.717) is 17.6 Å². The second-order valence-corrected chi connectivity index (χ2v) is 9.91. The predicted octanol–water partition coefficient (Wildman–Crippen LogP) is 4.94. The molecular weight excluding hydrogens is 462 g/mol. The maximum absolute atomic E-state index is 10.9. The van der Waals surface area contributed by atoms with E-state index >= 15 is 0 Å². The minimum atomic E-state index is -0.423. The molecule has 0 heterocycles. The Morgan fingerprint density at radius 2 is 1.97 bits per heavy atom. The number of nitro benzene ring substituents is 1. The van der Waals surface area contributed by atoms with Gasteiger partial charge in [0.15, 0.2) is 11.5 Å². The average Bonchev–Trinajstić information content (AvgIpc) is 3.20. The van der Waals surface area contributed by atoms with Gasteiger partial charge in [-0.3, -0.25) is 30.7 Å². The molecule has 1 saturated carbocycles. The lowest BCUT2D eigenvalue weighted by molar-refractivity contribution is -0.384. The van der Waals surface area contributed by atoms with E-state index in [-0.39, 0.29) is 29.4 Å². The minimum absolute atomic E-state index is 0.0170. The Labute approximate surface area is 209 Å². The number of hydrogen-bond donors (Lipinski definition) is 3. The maximum atomic E-state index is 10.9. The number of non-ortho nitro benzene ring substituents is 1. The van der Waals surface area contributed by atoms with E-state index in [1.54, 1.807) is 32.4 Å². The van der Waals surface area contributed by atoms with Crippen LogP contribution in [-0.4, -0.2) is 24.2 Å². The van der Waals surface area contributed by atoms with Gasteiger partial charge < -0.3 is 9.84 Å². The molecular formula is C27H31N3O6. The highest BCUT2D eigenvalue weighted by Crippen LogP contribution is 2.60. The second-order valence-electron chi connectivity index (χ2n) is 9.91. The van der Waals surface area contributed by atoms with Crippen molar-refractivity contribution in [2.24, 2.45) is 17.3 Å². The van der Waals surface area contributed by atoms with E-state index in [4.69, 9.17) is 14.4 Å². The second kappa shape index (κ2) is 9.48. The number of allylic oxidation sites excluding steroid dienone is 3.